The number of rotatable bonds is 3. The van der Waals surface area contributed by atoms with Crippen LogP contribution in [0.2, 0.25) is 0 Å². The van der Waals surface area contributed by atoms with Gasteiger partial charge >= 0.3 is 0 Å². The van der Waals surface area contributed by atoms with E-state index in [-0.39, 0.29) is 11.6 Å². The molecule has 0 radical (unpaired) electrons. The first-order valence-corrected chi connectivity index (χ1v) is 5.51. The third-order valence-corrected chi connectivity index (χ3v) is 2.63. The molecule has 0 saturated heterocycles. The number of hydrogen-bond acceptors (Lipinski definition) is 3. The summed E-state index contributed by atoms with van der Waals surface area (Å²) >= 11 is 0. The zero-order chi connectivity index (χ0) is 13.1. The van der Waals surface area contributed by atoms with Crippen molar-refractivity contribution < 1.29 is 9.18 Å². The Labute approximate surface area is 103 Å². The van der Waals surface area contributed by atoms with Gasteiger partial charge < -0.3 is 5.32 Å². The largest absolute Gasteiger partial charge is 0.342 e. The molecule has 94 valence electrons. The second-order valence-corrected chi connectivity index (χ2v) is 4.00. The molecule has 1 atom stereocenters. The number of benzene rings is 1. The summed E-state index contributed by atoms with van der Waals surface area (Å²) in [5.74, 6) is -0.448. The maximum Gasteiger partial charge on any atom is 0.254 e. The molecule has 6 heteroatoms. The van der Waals surface area contributed by atoms with Crippen molar-refractivity contribution in [3.8, 4) is 0 Å². The van der Waals surface area contributed by atoms with E-state index < -0.39 is 11.7 Å². The molecule has 0 aliphatic carbocycles. The quantitative estimate of drug-likeness (QED) is 0.869. The number of amides is 1. The molecule has 0 fully saturated rings. The first-order valence-electron chi connectivity index (χ1n) is 5.51. The molecule has 2 rings (SSSR count). The maximum absolute atomic E-state index is 13.7. The van der Waals surface area contributed by atoms with Crippen LogP contribution >= 0.6 is 0 Å². The van der Waals surface area contributed by atoms with Crippen LogP contribution in [-0.2, 0) is 0 Å². The van der Waals surface area contributed by atoms with Crippen molar-refractivity contribution in [2.75, 3.05) is 0 Å². The van der Waals surface area contributed by atoms with Crippen molar-refractivity contribution in [3.05, 3.63) is 47.3 Å². The van der Waals surface area contributed by atoms with Crippen molar-refractivity contribution in [2.24, 2.45) is 0 Å². The molecule has 0 aliphatic heterocycles. The zero-order valence-electron chi connectivity index (χ0n) is 10.1. The molecule has 5 nitrogen and oxygen atoms in total. The monoisotopic (exact) mass is 248 g/mol. The predicted octanol–water partition coefficient (Wildman–Crippen LogP) is 1.74. The molecule has 18 heavy (non-hydrogen) atoms. The first kappa shape index (κ1) is 12.2. The molecule has 1 aromatic carbocycles. The van der Waals surface area contributed by atoms with Gasteiger partial charge in [0, 0.05) is 0 Å². The number of nitrogens with one attached hydrogen (secondary N) is 2. The highest BCUT2D eigenvalue weighted by Crippen LogP contribution is 2.13. The van der Waals surface area contributed by atoms with Crippen LogP contribution in [0.5, 0.6) is 0 Å². The molecule has 0 saturated carbocycles. The van der Waals surface area contributed by atoms with Crippen LogP contribution in [-0.4, -0.2) is 21.1 Å². The van der Waals surface area contributed by atoms with Gasteiger partial charge in [0.1, 0.15) is 18.0 Å². The number of nitrogens with zero attached hydrogens (tertiary/aromatic N) is 2. The van der Waals surface area contributed by atoms with Crippen molar-refractivity contribution in [1.82, 2.24) is 20.5 Å². The fourth-order valence-corrected chi connectivity index (χ4v) is 1.59. The number of carbonyl (C=O) groups is 1. The topological polar surface area (TPSA) is 70.7 Å². The van der Waals surface area contributed by atoms with E-state index >= 15 is 0 Å². The van der Waals surface area contributed by atoms with Crippen LogP contribution in [0, 0.1) is 12.7 Å². The lowest BCUT2D eigenvalue weighted by molar-refractivity contribution is 0.0934. The Morgan fingerprint density at radius 1 is 1.50 bits per heavy atom. The average molecular weight is 248 g/mol. The first-order chi connectivity index (χ1) is 8.59. The van der Waals surface area contributed by atoms with E-state index in [0.29, 0.717) is 11.4 Å². The molecule has 1 heterocycles. The standard InChI is InChI=1S/C12H13FN4O/c1-7-4-3-5-9(10(7)13)12(18)16-8(2)11-14-6-15-17-11/h3-6,8H,1-2H3,(H,16,18)(H,14,15,17). The lowest BCUT2D eigenvalue weighted by Crippen LogP contribution is -2.28. The van der Waals surface area contributed by atoms with Gasteiger partial charge in [-0.05, 0) is 25.5 Å². The molecule has 0 aliphatic rings. The summed E-state index contributed by atoms with van der Waals surface area (Å²) in [5.41, 5.74) is 0.469. The van der Waals surface area contributed by atoms with Crippen molar-refractivity contribution in [2.45, 2.75) is 19.9 Å². The summed E-state index contributed by atoms with van der Waals surface area (Å²) in [5, 5.41) is 9.00. The van der Waals surface area contributed by atoms with Crippen LogP contribution < -0.4 is 5.32 Å². The Kier molecular flexibility index (Phi) is 3.36. The van der Waals surface area contributed by atoms with E-state index in [0.717, 1.165) is 0 Å². The van der Waals surface area contributed by atoms with Gasteiger partial charge in [-0.15, -0.1) is 0 Å². The molecule has 0 bridgehead atoms. The van der Waals surface area contributed by atoms with Crippen LogP contribution in [0.1, 0.15) is 34.7 Å². The highest BCUT2D eigenvalue weighted by Gasteiger charge is 2.17. The summed E-state index contributed by atoms with van der Waals surface area (Å²) in [4.78, 5) is 15.8. The van der Waals surface area contributed by atoms with Gasteiger partial charge in [-0.2, -0.15) is 5.10 Å². The summed E-state index contributed by atoms with van der Waals surface area (Å²) in [6, 6.07) is 4.35. The minimum absolute atomic E-state index is 0.0290. The molecule has 2 N–H and O–H groups in total. The number of halogens is 1. The second-order valence-electron chi connectivity index (χ2n) is 4.00. The Morgan fingerprint density at radius 2 is 2.28 bits per heavy atom. The van der Waals surface area contributed by atoms with Gasteiger partial charge in [-0.1, -0.05) is 12.1 Å². The Bertz CT molecular complexity index is 553. The van der Waals surface area contributed by atoms with E-state index in [9.17, 15) is 9.18 Å². The number of aryl methyl sites for hydroxylation is 1. The Hall–Kier alpha value is -2.24. The zero-order valence-corrected chi connectivity index (χ0v) is 10.1. The predicted molar refractivity (Wildman–Crippen MR) is 63.4 cm³/mol. The van der Waals surface area contributed by atoms with Gasteiger partial charge in [0.15, 0.2) is 0 Å². The van der Waals surface area contributed by atoms with E-state index in [1.54, 1.807) is 26.0 Å². The highest BCUT2D eigenvalue weighted by atomic mass is 19.1. The molecular formula is C12H13FN4O. The Morgan fingerprint density at radius 3 is 2.94 bits per heavy atom. The van der Waals surface area contributed by atoms with Crippen LogP contribution in [0.15, 0.2) is 24.5 Å². The minimum Gasteiger partial charge on any atom is -0.342 e. The van der Waals surface area contributed by atoms with E-state index in [2.05, 4.69) is 20.5 Å². The van der Waals surface area contributed by atoms with Crippen molar-refractivity contribution in [3.63, 3.8) is 0 Å². The van der Waals surface area contributed by atoms with Gasteiger partial charge in [0.25, 0.3) is 5.91 Å². The molecule has 1 aromatic heterocycles. The summed E-state index contributed by atoms with van der Waals surface area (Å²) in [6.07, 6.45) is 1.35. The highest BCUT2D eigenvalue weighted by molar-refractivity contribution is 5.94. The summed E-state index contributed by atoms with van der Waals surface area (Å²) in [7, 11) is 0. The van der Waals surface area contributed by atoms with Gasteiger partial charge in [0.2, 0.25) is 0 Å². The third kappa shape index (κ3) is 2.37. The number of aromatic nitrogens is 3. The van der Waals surface area contributed by atoms with Crippen LogP contribution in [0.25, 0.3) is 0 Å². The lowest BCUT2D eigenvalue weighted by atomic mass is 10.1. The summed E-state index contributed by atoms with van der Waals surface area (Å²) in [6.45, 7) is 3.36. The molecule has 1 unspecified atom stereocenters. The average Bonchev–Trinajstić information content (AvgIpc) is 2.86. The van der Waals surface area contributed by atoms with Crippen molar-refractivity contribution in [1.29, 1.82) is 0 Å². The van der Waals surface area contributed by atoms with E-state index in [4.69, 9.17) is 0 Å². The second kappa shape index (κ2) is 4.95. The fourth-order valence-electron chi connectivity index (χ4n) is 1.59. The normalized spacial score (nSPS) is 12.2. The molecule has 1 amide bonds. The van der Waals surface area contributed by atoms with E-state index in [1.165, 1.54) is 12.4 Å². The lowest BCUT2D eigenvalue weighted by Gasteiger charge is -2.12. The number of H-pyrrole nitrogens is 1. The SMILES string of the molecule is Cc1cccc(C(=O)NC(C)c2ncn[nH]2)c1F. The fraction of sp³-hybridized carbons (Fsp3) is 0.250. The molecule has 0 spiro atoms. The minimum atomic E-state index is -0.500. The molecular weight excluding hydrogens is 235 g/mol. The number of hydrogen-bond donors (Lipinski definition) is 2. The number of aromatic amines is 1. The molecule has 2 aromatic rings. The number of carbonyl (C=O) groups excluding carboxylic acids is 1. The van der Waals surface area contributed by atoms with Crippen LogP contribution in [0.4, 0.5) is 4.39 Å². The van der Waals surface area contributed by atoms with Gasteiger partial charge in [-0.3, -0.25) is 9.89 Å². The summed E-state index contributed by atoms with van der Waals surface area (Å²) < 4.78 is 13.7. The Balaban J connectivity index is 2.15. The van der Waals surface area contributed by atoms with Crippen LogP contribution in [0.3, 0.4) is 0 Å². The maximum atomic E-state index is 13.7. The van der Waals surface area contributed by atoms with Gasteiger partial charge in [0.05, 0.1) is 11.6 Å². The van der Waals surface area contributed by atoms with E-state index in [1.807, 2.05) is 0 Å². The van der Waals surface area contributed by atoms with Crippen molar-refractivity contribution >= 4 is 5.91 Å². The smallest absolute Gasteiger partial charge is 0.254 e. The third-order valence-electron chi connectivity index (χ3n) is 2.63. The van der Waals surface area contributed by atoms with Gasteiger partial charge in [-0.25, -0.2) is 9.37 Å².